The lowest BCUT2D eigenvalue weighted by Gasteiger charge is -2.30. The van der Waals surface area contributed by atoms with Crippen molar-refractivity contribution in [2.75, 3.05) is 32.1 Å². The highest BCUT2D eigenvalue weighted by Crippen LogP contribution is 2.36. The molecular weight excluding hydrogens is 415 g/mol. The Morgan fingerprint density at radius 2 is 1.88 bits per heavy atom. The molecule has 1 aromatic heterocycles. The summed E-state index contributed by atoms with van der Waals surface area (Å²) < 4.78 is 14.0. The van der Waals surface area contributed by atoms with Crippen molar-refractivity contribution >= 4 is 11.9 Å². The molecule has 0 N–H and O–H groups in total. The van der Waals surface area contributed by atoms with Gasteiger partial charge in [-0.1, -0.05) is 42.0 Å². The number of anilines is 1. The van der Waals surface area contributed by atoms with Crippen LogP contribution in [0.5, 0.6) is 0 Å². The van der Waals surface area contributed by atoms with Gasteiger partial charge >= 0.3 is 0 Å². The fourth-order valence-corrected chi connectivity index (χ4v) is 4.45. The van der Waals surface area contributed by atoms with Crippen molar-refractivity contribution in [1.29, 1.82) is 0 Å². The summed E-state index contributed by atoms with van der Waals surface area (Å²) in [6.07, 6.45) is 2.58. The Bertz CT molecular complexity index is 1160. The Morgan fingerprint density at radius 1 is 1.15 bits per heavy atom. The molecule has 2 heterocycles. The van der Waals surface area contributed by atoms with Crippen LogP contribution in [-0.4, -0.2) is 48.0 Å². The first kappa shape index (κ1) is 22.9. The summed E-state index contributed by atoms with van der Waals surface area (Å²) in [4.78, 5) is 26.6. The molecule has 6 heteroatoms. The Kier molecular flexibility index (Phi) is 6.19. The molecule has 1 amide bonds. The topological polar surface area (TPSA) is 49.3 Å². The minimum absolute atomic E-state index is 0.0581. The molecular formula is C27H31FN4O. The zero-order chi connectivity index (χ0) is 23.8. The van der Waals surface area contributed by atoms with E-state index in [2.05, 4.69) is 4.98 Å². The number of hydrogen-bond acceptors (Lipinski definition) is 4. The Morgan fingerprint density at radius 3 is 2.55 bits per heavy atom. The molecule has 1 fully saturated rings. The predicted octanol–water partition coefficient (Wildman–Crippen LogP) is 4.95. The average molecular weight is 447 g/mol. The Labute approximate surface area is 195 Å². The van der Waals surface area contributed by atoms with E-state index in [9.17, 15) is 9.18 Å². The van der Waals surface area contributed by atoms with E-state index in [-0.39, 0.29) is 17.6 Å². The number of aryl methyl sites for hydroxylation is 1. The Balaban J connectivity index is 1.63. The van der Waals surface area contributed by atoms with Gasteiger partial charge in [-0.2, -0.15) is 0 Å². The number of carbonyl (C=O) groups is 1. The zero-order valence-electron chi connectivity index (χ0n) is 20.0. The second-order valence-corrected chi connectivity index (χ2v) is 9.60. The number of halogens is 1. The fraction of sp³-hybridized carbons (Fsp3) is 0.370. The molecule has 33 heavy (non-hydrogen) atoms. The van der Waals surface area contributed by atoms with Crippen molar-refractivity contribution in [3.05, 3.63) is 77.4 Å². The molecule has 2 aromatic carbocycles. The lowest BCUT2D eigenvalue weighted by atomic mass is 9.83. The van der Waals surface area contributed by atoms with Gasteiger partial charge < -0.3 is 9.80 Å². The van der Waals surface area contributed by atoms with E-state index in [1.807, 2.05) is 75.0 Å². The van der Waals surface area contributed by atoms with Crippen LogP contribution in [0.15, 0.2) is 54.7 Å². The van der Waals surface area contributed by atoms with E-state index >= 15 is 0 Å². The molecule has 0 saturated carbocycles. The molecule has 0 radical (unpaired) electrons. The van der Waals surface area contributed by atoms with Crippen LogP contribution in [0.1, 0.15) is 43.0 Å². The summed E-state index contributed by atoms with van der Waals surface area (Å²) in [6.45, 7) is 7.27. The van der Waals surface area contributed by atoms with E-state index < -0.39 is 5.41 Å². The number of rotatable bonds is 5. The molecule has 172 valence electrons. The van der Waals surface area contributed by atoms with Crippen LogP contribution in [0.25, 0.3) is 11.1 Å². The van der Waals surface area contributed by atoms with Crippen molar-refractivity contribution in [2.24, 2.45) is 0 Å². The Hall–Kier alpha value is -3.28. The maximum atomic E-state index is 14.0. The third-order valence-corrected chi connectivity index (χ3v) is 6.51. The quantitative estimate of drug-likeness (QED) is 0.556. The number of nitrogens with zero attached hydrogens (tertiary/aromatic N) is 4. The summed E-state index contributed by atoms with van der Waals surface area (Å²) in [5, 5.41) is 0. The van der Waals surface area contributed by atoms with Crippen molar-refractivity contribution in [3.8, 4) is 11.1 Å². The minimum atomic E-state index is -0.617. The third kappa shape index (κ3) is 4.61. The number of carbonyl (C=O) groups excluding carboxylic acids is 1. The first-order valence-electron chi connectivity index (χ1n) is 11.3. The van der Waals surface area contributed by atoms with Gasteiger partial charge in [0.15, 0.2) is 0 Å². The van der Waals surface area contributed by atoms with Gasteiger partial charge in [0.05, 0.1) is 11.1 Å². The number of hydrogen-bond donors (Lipinski definition) is 0. The van der Waals surface area contributed by atoms with Crippen LogP contribution >= 0.6 is 0 Å². The normalized spacial score (nSPS) is 16.2. The lowest BCUT2D eigenvalue weighted by Crippen LogP contribution is -2.42. The number of benzene rings is 2. The lowest BCUT2D eigenvalue weighted by molar-refractivity contribution is -0.135. The molecule has 3 aromatic rings. The summed E-state index contributed by atoms with van der Waals surface area (Å²) in [7, 11) is 3.80. The van der Waals surface area contributed by atoms with Crippen LogP contribution in [0.3, 0.4) is 0 Å². The summed E-state index contributed by atoms with van der Waals surface area (Å²) in [5.41, 5.74) is 4.00. The highest BCUT2D eigenvalue weighted by atomic mass is 19.1. The van der Waals surface area contributed by atoms with Crippen LogP contribution in [-0.2, 0) is 10.2 Å². The fourth-order valence-electron chi connectivity index (χ4n) is 4.45. The second kappa shape index (κ2) is 8.93. The van der Waals surface area contributed by atoms with E-state index in [4.69, 9.17) is 4.98 Å². The first-order chi connectivity index (χ1) is 15.7. The van der Waals surface area contributed by atoms with Crippen LogP contribution in [0, 0.1) is 12.7 Å². The molecule has 1 aliphatic rings. The zero-order valence-corrected chi connectivity index (χ0v) is 20.0. The number of amides is 1. The maximum Gasteiger partial charge on any atom is 0.232 e. The standard InChI is InChI=1S/C27H31FN4O/c1-18-9-11-21(12-10-18)27(2,3)25(33)32-14-13-20(17-32)24-23(16-29-26(30-24)31(4)5)19-7-6-8-22(28)15-19/h6-12,15-16,20H,13-14,17H2,1-5H3/t20-/m1/s1. The second-order valence-electron chi connectivity index (χ2n) is 9.60. The largest absolute Gasteiger partial charge is 0.347 e. The van der Waals surface area contributed by atoms with Crippen molar-refractivity contribution in [3.63, 3.8) is 0 Å². The highest BCUT2D eigenvalue weighted by molar-refractivity contribution is 5.87. The van der Waals surface area contributed by atoms with E-state index in [0.29, 0.717) is 19.0 Å². The van der Waals surface area contributed by atoms with Crippen LogP contribution in [0.4, 0.5) is 10.3 Å². The average Bonchev–Trinajstić information content (AvgIpc) is 3.28. The summed E-state index contributed by atoms with van der Waals surface area (Å²) >= 11 is 0. The van der Waals surface area contributed by atoms with Gasteiger partial charge in [-0.15, -0.1) is 0 Å². The van der Waals surface area contributed by atoms with E-state index in [1.165, 1.54) is 17.7 Å². The molecule has 0 aliphatic carbocycles. The van der Waals surface area contributed by atoms with Gasteiger partial charge in [-0.25, -0.2) is 14.4 Å². The number of aromatic nitrogens is 2. The molecule has 0 spiro atoms. The molecule has 0 bridgehead atoms. The molecule has 1 atom stereocenters. The van der Waals surface area contributed by atoms with Crippen LogP contribution in [0.2, 0.25) is 0 Å². The molecule has 1 aliphatic heterocycles. The molecule has 1 saturated heterocycles. The van der Waals surface area contributed by atoms with Gasteiger partial charge in [-0.05, 0) is 50.5 Å². The smallest absolute Gasteiger partial charge is 0.232 e. The monoisotopic (exact) mass is 446 g/mol. The van der Waals surface area contributed by atoms with E-state index in [0.717, 1.165) is 28.8 Å². The third-order valence-electron chi connectivity index (χ3n) is 6.51. The first-order valence-corrected chi connectivity index (χ1v) is 11.3. The summed E-state index contributed by atoms with van der Waals surface area (Å²) in [6, 6.07) is 14.7. The summed E-state index contributed by atoms with van der Waals surface area (Å²) in [5.74, 6) is 0.485. The maximum absolute atomic E-state index is 14.0. The van der Waals surface area contributed by atoms with Crippen molar-refractivity contribution < 1.29 is 9.18 Å². The highest BCUT2D eigenvalue weighted by Gasteiger charge is 2.38. The van der Waals surface area contributed by atoms with Gasteiger partial charge in [0.2, 0.25) is 11.9 Å². The van der Waals surface area contributed by atoms with Gasteiger partial charge in [0.1, 0.15) is 5.82 Å². The minimum Gasteiger partial charge on any atom is -0.347 e. The molecule has 0 unspecified atom stereocenters. The number of likely N-dealkylation sites (tertiary alicyclic amines) is 1. The van der Waals surface area contributed by atoms with Gasteiger partial charge in [0.25, 0.3) is 0 Å². The van der Waals surface area contributed by atoms with Crippen LogP contribution < -0.4 is 4.90 Å². The van der Waals surface area contributed by atoms with Gasteiger partial charge in [0, 0.05) is 44.9 Å². The van der Waals surface area contributed by atoms with Gasteiger partial charge in [-0.3, -0.25) is 4.79 Å². The molecule has 5 nitrogen and oxygen atoms in total. The SMILES string of the molecule is Cc1ccc(C(C)(C)C(=O)N2CC[C@@H](c3nc(N(C)C)ncc3-c3cccc(F)c3)C2)cc1. The van der Waals surface area contributed by atoms with Crippen molar-refractivity contribution in [1.82, 2.24) is 14.9 Å². The molecule has 4 rings (SSSR count). The predicted molar refractivity (Wildman–Crippen MR) is 130 cm³/mol. The van der Waals surface area contributed by atoms with Crippen molar-refractivity contribution in [2.45, 2.75) is 38.5 Å². The van der Waals surface area contributed by atoms with E-state index in [1.54, 1.807) is 12.3 Å².